The summed E-state index contributed by atoms with van der Waals surface area (Å²) in [5.41, 5.74) is 4.78. The van der Waals surface area contributed by atoms with Crippen molar-refractivity contribution in [3.05, 3.63) is 41.2 Å². The smallest absolute Gasteiger partial charge is 0.409 e. The van der Waals surface area contributed by atoms with Gasteiger partial charge in [0.25, 0.3) is 0 Å². The lowest BCUT2D eigenvalue weighted by Gasteiger charge is -2.32. The number of aromatic nitrogens is 4. The van der Waals surface area contributed by atoms with Crippen LogP contribution in [-0.2, 0) is 4.74 Å². The first-order valence-corrected chi connectivity index (χ1v) is 10.4. The minimum Gasteiger partial charge on any atom is -0.450 e. The van der Waals surface area contributed by atoms with E-state index in [1.54, 1.807) is 4.90 Å². The van der Waals surface area contributed by atoms with Crippen LogP contribution in [0.2, 0.25) is 0 Å². The minimum absolute atomic E-state index is 0.198. The van der Waals surface area contributed by atoms with Crippen LogP contribution in [0.15, 0.2) is 24.3 Å². The van der Waals surface area contributed by atoms with E-state index in [1.165, 1.54) is 0 Å². The van der Waals surface area contributed by atoms with Gasteiger partial charge in [-0.05, 0) is 64.3 Å². The van der Waals surface area contributed by atoms with Crippen molar-refractivity contribution in [1.82, 2.24) is 24.6 Å². The van der Waals surface area contributed by atoms with Crippen molar-refractivity contribution in [3.8, 4) is 5.82 Å². The molecule has 1 saturated heterocycles. The van der Waals surface area contributed by atoms with Gasteiger partial charge in [-0.15, -0.1) is 0 Å². The van der Waals surface area contributed by atoms with Crippen molar-refractivity contribution in [1.29, 1.82) is 0 Å². The van der Waals surface area contributed by atoms with Crippen molar-refractivity contribution in [2.45, 2.75) is 46.6 Å². The van der Waals surface area contributed by atoms with Crippen molar-refractivity contribution < 1.29 is 9.53 Å². The number of ether oxygens (including phenoxy) is 1. The molecule has 1 N–H and O–H groups in total. The van der Waals surface area contributed by atoms with Gasteiger partial charge < -0.3 is 15.0 Å². The number of piperidine rings is 1. The predicted octanol–water partition coefficient (Wildman–Crippen LogP) is 3.77. The number of aryl methyl sites for hydroxylation is 3. The van der Waals surface area contributed by atoms with Crippen molar-refractivity contribution in [2.24, 2.45) is 0 Å². The summed E-state index contributed by atoms with van der Waals surface area (Å²) in [7, 11) is 0. The first-order chi connectivity index (χ1) is 14.4. The molecule has 4 rings (SSSR count). The Morgan fingerprint density at radius 1 is 1.13 bits per heavy atom. The molecule has 8 heteroatoms. The molecule has 0 spiro atoms. The van der Waals surface area contributed by atoms with Crippen LogP contribution in [0.25, 0.3) is 16.9 Å². The molecule has 1 amide bonds. The number of anilines is 1. The molecule has 158 valence electrons. The Morgan fingerprint density at radius 2 is 1.90 bits per heavy atom. The maximum Gasteiger partial charge on any atom is 0.409 e. The van der Waals surface area contributed by atoms with Gasteiger partial charge in [0.15, 0.2) is 11.6 Å². The average Bonchev–Trinajstić information content (AvgIpc) is 3.06. The minimum atomic E-state index is -0.236. The zero-order valence-electron chi connectivity index (χ0n) is 18.0. The topological polar surface area (TPSA) is 85.2 Å². The highest BCUT2D eigenvalue weighted by Crippen LogP contribution is 2.25. The van der Waals surface area contributed by atoms with E-state index in [0.717, 1.165) is 40.8 Å². The molecule has 1 aliphatic heterocycles. The molecule has 0 atom stereocenters. The molecule has 1 fully saturated rings. The third-order valence-electron chi connectivity index (χ3n) is 5.37. The van der Waals surface area contributed by atoms with Gasteiger partial charge in [-0.3, -0.25) is 0 Å². The lowest BCUT2D eigenvalue weighted by molar-refractivity contribution is 0.0983. The standard InChI is InChI=1S/C22H28N6O2/c1-5-30-22(29)27-10-8-17(9-11-27)23-20-21(28-16(4)13-15(3)26-28)25-19-12-14(2)6-7-18(19)24-20/h6-7,12-13,17H,5,8-11H2,1-4H3,(H,23,24). The Labute approximate surface area is 176 Å². The molecule has 1 aliphatic rings. The molecule has 0 saturated carbocycles. The van der Waals surface area contributed by atoms with Gasteiger partial charge in [-0.2, -0.15) is 5.10 Å². The fourth-order valence-electron chi connectivity index (χ4n) is 3.86. The molecule has 0 unspecified atom stereocenters. The van der Waals surface area contributed by atoms with E-state index in [2.05, 4.69) is 10.4 Å². The Hall–Kier alpha value is -3.16. The number of hydrogen-bond acceptors (Lipinski definition) is 6. The highest BCUT2D eigenvalue weighted by molar-refractivity contribution is 5.79. The zero-order chi connectivity index (χ0) is 21.3. The third kappa shape index (κ3) is 4.08. The number of fused-ring (bicyclic) bond motifs is 1. The second kappa shape index (κ2) is 8.30. The Kier molecular flexibility index (Phi) is 5.57. The second-order valence-corrected chi connectivity index (χ2v) is 7.83. The maximum atomic E-state index is 12.0. The van der Waals surface area contributed by atoms with Gasteiger partial charge in [0.1, 0.15) is 0 Å². The van der Waals surface area contributed by atoms with Gasteiger partial charge in [0.05, 0.1) is 23.3 Å². The fourth-order valence-corrected chi connectivity index (χ4v) is 3.86. The summed E-state index contributed by atoms with van der Waals surface area (Å²) in [6.45, 7) is 9.58. The molecule has 8 nitrogen and oxygen atoms in total. The van der Waals surface area contributed by atoms with Gasteiger partial charge in [0, 0.05) is 24.8 Å². The van der Waals surface area contributed by atoms with Gasteiger partial charge in [-0.25, -0.2) is 19.4 Å². The number of likely N-dealkylation sites (tertiary alicyclic amines) is 1. The molecule has 0 aliphatic carbocycles. The van der Waals surface area contributed by atoms with Crippen molar-refractivity contribution in [3.63, 3.8) is 0 Å². The summed E-state index contributed by atoms with van der Waals surface area (Å²) < 4.78 is 6.97. The van der Waals surface area contributed by atoms with Crippen LogP contribution in [-0.4, -0.2) is 56.5 Å². The molecular formula is C22H28N6O2. The fraction of sp³-hybridized carbons (Fsp3) is 0.455. The average molecular weight is 409 g/mol. The molecule has 30 heavy (non-hydrogen) atoms. The number of carbonyl (C=O) groups excluding carboxylic acids is 1. The second-order valence-electron chi connectivity index (χ2n) is 7.83. The number of hydrogen-bond donors (Lipinski definition) is 1. The first-order valence-electron chi connectivity index (χ1n) is 10.4. The highest BCUT2D eigenvalue weighted by atomic mass is 16.6. The number of carbonyl (C=O) groups is 1. The van der Waals surface area contributed by atoms with E-state index in [0.29, 0.717) is 31.3 Å². The van der Waals surface area contributed by atoms with Crippen LogP contribution in [0.5, 0.6) is 0 Å². The zero-order valence-corrected chi connectivity index (χ0v) is 18.0. The summed E-state index contributed by atoms with van der Waals surface area (Å²) in [6.07, 6.45) is 1.41. The normalized spacial score (nSPS) is 14.9. The van der Waals surface area contributed by atoms with Crippen LogP contribution < -0.4 is 5.32 Å². The highest BCUT2D eigenvalue weighted by Gasteiger charge is 2.25. The molecule has 1 aromatic carbocycles. The van der Waals surface area contributed by atoms with E-state index in [4.69, 9.17) is 14.7 Å². The van der Waals surface area contributed by atoms with E-state index < -0.39 is 0 Å². The Balaban J connectivity index is 1.63. The van der Waals surface area contributed by atoms with Gasteiger partial charge in [-0.1, -0.05) is 6.07 Å². The first kappa shape index (κ1) is 20.1. The number of nitrogens with one attached hydrogen (secondary N) is 1. The summed E-state index contributed by atoms with van der Waals surface area (Å²) in [5, 5.41) is 8.19. The molecular weight excluding hydrogens is 380 g/mol. The van der Waals surface area contributed by atoms with Gasteiger partial charge >= 0.3 is 6.09 Å². The Morgan fingerprint density at radius 3 is 2.57 bits per heavy atom. The number of benzene rings is 1. The molecule has 2 aromatic heterocycles. The SMILES string of the molecule is CCOC(=O)N1CCC(Nc2nc3ccc(C)cc3nc2-n2nc(C)cc2C)CC1. The van der Waals surface area contributed by atoms with E-state index >= 15 is 0 Å². The summed E-state index contributed by atoms with van der Waals surface area (Å²) in [6, 6.07) is 8.31. The van der Waals surface area contributed by atoms with Crippen LogP contribution in [0.1, 0.15) is 36.7 Å². The summed E-state index contributed by atoms with van der Waals surface area (Å²) >= 11 is 0. The van der Waals surface area contributed by atoms with E-state index in [1.807, 2.05) is 56.6 Å². The van der Waals surface area contributed by atoms with Crippen LogP contribution >= 0.6 is 0 Å². The largest absolute Gasteiger partial charge is 0.450 e. The van der Waals surface area contributed by atoms with Gasteiger partial charge in [0.2, 0.25) is 0 Å². The molecule has 3 aromatic rings. The third-order valence-corrected chi connectivity index (χ3v) is 5.37. The number of nitrogens with zero attached hydrogens (tertiary/aromatic N) is 5. The monoisotopic (exact) mass is 408 g/mol. The van der Waals surface area contributed by atoms with Crippen LogP contribution in [0.4, 0.5) is 10.6 Å². The quantitative estimate of drug-likeness (QED) is 0.707. The summed E-state index contributed by atoms with van der Waals surface area (Å²) in [4.78, 5) is 23.5. The van der Waals surface area contributed by atoms with E-state index in [-0.39, 0.29) is 12.1 Å². The predicted molar refractivity (Wildman–Crippen MR) is 116 cm³/mol. The lowest BCUT2D eigenvalue weighted by Crippen LogP contribution is -2.42. The number of rotatable bonds is 4. The maximum absolute atomic E-state index is 12.0. The molecule has 0 radical (unpaired) electrons. The van der Waals surface area contributed by atoms with Crippen molar-refractivity contribution in [2.75, 3.05) is 25.0 Å². The number of amides is 1. The molecule has 0 bridgehead atoms. The van der Waals surface area contributed by atoms with Crippen LogP contribution in [0, 0.1) is 20.8 Å². The van der Waals surface area contributed by atoms with Crippen LogP contribution in [0.3, 0.4) is 0 Å². The van der Waals surface area contributed by atoms with E-state index in [9.17, 15) is 4.79 Å². The van der Waals surface area contributed by atoms with Crippen molar-refractivity contribution >= 4 is 22.9 Å². The Bertz CT molecular complexity index is 1070. The summed E-state index contributed by atoms with van der Waals surface area (Å²) in [5.74, 6) is 1.42. The lowest BCUT2D eigenvalue weighted by atomic mass is 10.1. The molecule has 3 heterocycles.